The summed E-state index contributed by atoms with van der Waals surface area (Å²) in [4.78, 5) is 16.8. The summed E-state index contributed by atoms with van der Waals surface area (Å²) in [5.74, 6) is 1.76. The standard InChI is InChI=1S/C19H24N6O2/c1-2-6-15-21-19(27-24-15)13-9-10-16-22-23-17(25(16)12-13)11-18(26)20-14-7-4-3-5-8-14/h9-10,12,14H,2-8,11H2,1H3,(H,20,26). The highest BCUT2D eigenvalue weighted by Crippen LogP contribution is 2.20. The number of aryl methyl sites for hydroxylation is 1. The van der Waals surface area contributed by atoms with Crippen molar-refractivity contribution in [1.82, 2.24) is 30.1 Å². The van der Waals surface area contributed by atoms with Gasteiger partial charge in [0.1, 0.15) is 5.82 Å². The average Bonchev–Trinajstić information content (AvgIpc) is 3.30. The van der Waals surface area contributed by atoms with Crippen LogP contribution in [0, 0.1) is 0 Å². The van der Waals surface area contributed by atoms with Crippen molar-refractivity contribution in [3.8, 4) is 11.5 Å². The number of carbonyl (C=O) groups is 1. The van der Waals surface area contributed by atoms with Crippen LogP contribution in [0.4, 0.5) is 0 Å². The highest BCUT2D eigenvalue weighted by Gasteiger charge is 2.18. The lowest BCUT2D eigenvalue weighted by Crippen LogP contribution is -2.37. The molecule has 27 heavy (non-hydrogen) atoms. The molecule has 0 aliphatic heterocycles. The van der Waals surface area contributed by atoms with E-state index in [2.05, 4.69) is 32.6 Å². The van der Waals surface area contributed by atoms with Crippen molar-refractivity contribution in [2.45, 2.75) is 64.3 Å². The number of hydrogen-bond acceptors (Lipinski definition) is 6. The molecule has 3 aromatic heterocycles. The minimum atomic E-state index is -0.00961. The van der Waals surface area contributed by atoms with Crippen molar-refractivity contribution in [2.75, 3.05) is 0 Å². The molecule has 1 fully saturated rings. The predicted octanol–water partition coefficient (Wildman–Crippen LogP) is 2.72. The summed E-state index contributed by atoms with van der Waals surface area (Å²) in [5.41, 5.74) is 1.47. The molecule has 4 rings (SSSR count). The first-order valence-corrected chi connectivity index (χ1v) is 9.69. The van der Waals surface area contributed by atoms with Crippen LogP contribution in [0.3, 0.4) is 0 Å². The molecule has 1 amide bonds. The highest BCUT2D eigenvalue weighted by molar-refractivity contribution is 5.78. The first kappa shape index (κ1) is 17.6. The number of hydrogen-bond donors (Lipinski definition) is 1. The van der Waals surface area contributed by atoms with E-state index in [4.69, 9.17) is 4.52 Å². The fourth-order valence-corrected chi connectivity index (χ4v) is 3.55. The second kappa shape index (κ2) is 7.85. The van der Waals surface area contributed by atoms with Gasteiger partial charge in [0.2, 0.25) is 5.91 Å². The van der Waals surface area contributed by atoms with E-state index in [-0.39, 0.29) is 18.4 Å². The predicted molar refractivity (Wildman–Crippen MR) is 99.0 cm³/mol. The van der Waals surface area contributed by atoms with E-state index in [0.717, 1.165) is 31.2 Å². The van der Waals surface area contributed by atoms with Crippen LogP contribution in [-0.2, 0) is 17.6 Å². The molecule has 8 nitrogen and oxygen atoms in total. The Hall–Kier alpha value is -2.77. The van der Waals surface area contributed by atoms with Crippen LogP contribution in [0.2, 0.25) is 0 Å². The van der Waals surface area contributed by atoms with Crippen LogP contribution in [-0.4, -0.2) is 36.7 Å². The number of nitrogens with zero attached hydrogens (tertiary/aromatic N) is 5. The Balaban J connectivity index is 1.51. The third kappa shape index (κ3) is 3.99. The van der Waals surface area contributed by atoms with Crippen LogP contribution in [0.15, 0.2) is 22.9 Å². The Morgan fingerprint density at radius 1 is 1.26 bits per heavy atom. The smallest absolute Gasteiger partial charge is 0.259 e. The second-order valence-electron chi connectivity index (χ2n) is 7.11. The summed E-state index contributed by atoms with van der Waals surface area (Å²) in [7, 11) is 0. The summed E-state index contributed by atoms with van der Waals surface area (Å²) in [5, 5.41) is 15.5. The Labute approximate surface area is 157 Å². The first-order valence-electron chi connectivity index (χ1n) is 9.69. The van der Waals surface area contributed by atoms with Crippen molar-refractivity contribution in [3.63, 3.8) is 0 Å². The number of nitrogens with one attached hydrogen (secondary N) is 1. The molecule has 1 N–H and O–H groups in total. The fraction of sp³-hybridized carbons (Fsp3) is 0.526. The quantitative estimate of drug-likeness (QED) is 0.718. The topological polar surface area (TPSA) is 98.2 Å². The Kier molecular flexibility index (Phi) is 5.13. The van der Waals surface area contributed by atoms with Gasteiger partial charge in [-0.1, -0.05) is 31.3 Å². The fourth-order valence-electron chi connectivity index (χ4n) is 3.55. The molecular weight excluding hydrogens is 344 g/mol. The molecule has 8 heteroatoms. The van der Waals surface area contributed by atoms with E-state index in [1.54, 1.807) is 0 Å². The highest BCUT2D eigenvalue weighted by atomic mass is 16.5. The zero-order valence-corrected chi connectivity index (χ0v) is 15.5. The normalized spacial score (nSPS) is 15.3. The van der Waals surface area contributed by atoms with Gasteiger partial charge in [0.25, 0.3) is 5.89 Å². The molecule has 142 valence electrons. The summed E-state index contributed by atoms with van der Waals surface area (Å²) in [6.07, 6.45) is 9.56. The number of carbonyl (C=O) groups excluding carboxylic acids is 1. The van der Waals surface area contributed by atoms with Crippen LogP contribution >= 0.6 is 0 Å². The number of fused-ring (bicyclic) bond motifs is 1. The van der Waals surface area contributed by atoms with Gasteiger partial charge in [-0.3, -0.25) is 9.20 Å². The first-order chi connectivity index (χ1) is 13.2. The van der Waals surface area contributed by atoms with E-state index in [1.807, 2.05) is 22.7 Å². The van der Waals surface area contributed by atoms with E-state index < -0.39 is 0 Å². The van der Waals surface area contributed by atoms with Gasteiger partial charge < -0.3 is 9.84 Å². The second-order valence-corrected chi connectivity index (χ2v) is 7.11. The maximum Gasteiger partial charge on any atom is 0.259 e. The lowest BCUT2D eigenvalue weighted by Gasteiger charge is -2.22. The van der Waals surface area contributed by atoms with Crippen molar-refractivity contribution < 1.29 is 9.32 Å². The van der Waals surface area contributed by atoms with Crippen molar-refractivity contribution in [2.24, 2.45) is 0 Å². The lowest BCUT2D eigenvalue weighted by atomic mass is 9.95. The number of rotatable bonds is 6. The zero-order chi connectivity index (χ0) is 18.6. The Morgan fingerprint density at radius 2 is 2.11 bits per heavy atom. The van der Waals surface area contributed by atoms with Crippen molar-refractivity contribution >= 4 is 11.6 Å². The molecule has 1 aliphatic rings. The third-order valence-electron chi connectivity index (χ3n) is 4.95. The van der Waals surface area contributed by atoms with Crippen molar-refractivity contribution in [1.29, 1.82) is 0 Å². The Morgan fingerprint density at radius 3 is 2.93 bits per heavy atom. The third-order valence-corrected chi connectivity index (χ3v) is 4.95. The molecule has 0 bridgehead atoms. The average molecular weight is 368 g/mol. The molecule has 0 atom stereocenters. The van der Waals surface area contributed by atoms with Crippen molar-refractivity contribution in [3.05, 3.63) is 30.0 Å². The molecule has 1 saturated carbocycles. The zero-order valence-electron chi connectivity index (χ0n) is 15.5. The molecule has 1 aliphatic carbocycles. The molecule has 3 heterocycles. The van der Waals surface area contributed by atoms with E-state index in [0.29, 0.717) is 23.2 Å². The van der Waals surface area contributed by atoms with E-state index >= 15 is 0 Å². The molecule has 0 radical (unpaired) electrons. The number of aromatic nitrogens is 5. The minimum Gasteiger partial charge on any atom is -0.353 e. The van der Waals surface area contributed by atoms with Gasteiger partial charge in [0, 0.05) is 18.7 Å². The largest absolute Gasteiger partial charge is 0.353 e. The van der Waals surface area contributed by atoms with Gasteiger partial charge in [-0.05, 0) is 31.4 Å². The Bertz CT molecular complexity index is 925. The maximum absolute atomic E-state index is 12.4. The lowest BCUT2D eigenvalue weighted by molar-refractivity contribution is -0.121. The van der Waals surface area contributed by atoms with E-state index in [1.165, 1.54) is 19.3 Å². The maximum atomic E-state index is 12.4. The van der Waals surface area contributed by atoms with Crippen LogP contribution in [0.25, 0.3) is 17.1 Å². The summed E-state index contributed by atoms with van der Waals surface area (Å²) in [6, 6.07) is 4.00. The monoisotopic (exact) mass is 368 g/mol. The van der Waals surface area contributed by atoms with E-state index in [9.17, 15) is 4.79 Å². The molecular formula is C19H24N6O2. The van der Waals surface area contributed by atoms with Crippen LogP contribution in [0.5, 0.6) is 0 Å². The van der Waals surface area contributed by atoms with Gasteiger partial charge in [-0.25, -0.2) is 0 Å². The SMILES string of the molecule is CCCc1noc(-c2ccc3nnc(CC(=O)NC4CCCCC4)n3c2)n1. The molecule has 0 unspecified atom stereocenters. The number of pyridine rings is 1. The summed E-state index contributed by atoms with van der Waals surface area (Å²) >= 11 is 0. The van der Waals surface area contributed by atoms with Gasteiger partial charge >= 0.3 is 0 Å². The summed E-state index contributed by atoms with van der Waals surface area (Å²) in [6.45, 7) is 2.07. The summed E-state index contributed by atoms with van der Waals surface area (Å²) < 4.78 is 7.17. The molecule has 0 spiro atoms. The van der Waals surface area contributed by atoms with Crippen LogP contribution in [0.1, 0.15) is 57.1 Å². The van der Waals surface area contributed by atoms with Gasteiger partial charge in [-0.2, -0.15) is 4.98 Å². The molecule has 0 aromatic carbocycles. The van der Waals surface area contributed by atoms with Gasteiger partial charge in [0.05, 0.1) is 12.0 Å². The minimum absolute atomic E-state index is 0.00961. The molecule has 0 saturated heterocycles. The van der Waals surface area contributed by atoms with Gasteiger partial charge in [0.15, 0.2) is 11.5 Å². The van der Waals surface area contributed by atoms with Gasteiger partial charge in [-0.15, -0.1) is 10.2 Å². The van der Waals surface area contributed by atoms with Crippen LogP contribution < -0.4 is 5.32 Å². The number of amides is 1. The molecule has 3 aromatic rings.